The summed E-state index contributed by atoms with van der Waals surface area (Å²) in [6.45, 7) is 3.27. The van der Waals surface area contributed by atoms with Gasteiger partial charge in [-0.3, -0.25) is 0 Å². The van der Waals surface area contributed by atoms with Crippen LogP contribution in [0.25, 0.3) is 0 Å². The van der Waals surface area contributed by atoms with Crippen molar-refractivity contribution in [3.63, 3.8) is 0 Å². The number of rotatable bonds is 1. The van der Waals surface area contributed by atoms with Gasteiger partial charge < -0.3 is 16.0 Å². The van der Waals surface area contributed by atoms with Gasteiger partial charge in [0.1, 0.15) is 5.82 Å². The second-order valence-electron chi connectivity index (χ2n) is 3.95. The maximum absolute atomic E-state index is 5.55. The third-order valence-electron chi connectivity index (χ3n) is 3.07. The fourth-order valence-corrected chi connectivity index (χ4v) is 2.18. The monoisotopic (exact) mass is 191 g/mol. The van der Waals surface area contributed by atoms with E-state index in [1.807, 2.05) is 6.07 Å². The first-order valence-electron chi connectivity index (χ1n) is 4.90. The van der Waals surface area contributed by atoms with Crippen LogP contribution >= 0.6 is 0 Å². The predicted molar refractivity (Wildman–Crippen MR) is 53.9 cm³/mol. The van der Waals surface area contributed by atoms with Crippen LogP contribution in [0.5, 0.6) is 0 Å². The second kappa shape index (κ2) is 2.81. The molecule has 1 aromatic heterocycles. The molecule has 0 radical (unpaired) electrons. The van der Waals surface area contributed by atoms with Crippen molar-refractivity contribution in [2.75, 3.05) is 30.3 Å². The van der Waals surface area contributed by atoms with Crippen molar-refractivity contribution in [2.45, 2.75) is 6.04 Å². The van der Waals surface area contributed by atoms with Crippen molar-refractivity contribution < 1.29 is 0 Å². The van der Waals surface area contributed by atoms with E-state index in [4.69, 9.17) is 5.73 Å². The van der Waals surface area contributed by atoms with Crippen molar-refractivity contribution >= 4 is 11.8 Å². The van der Waals surface area contributed by atoms with Gasteiger partial charge in [0, 0.05) is 37.8 Å². The summed E-state index contributed by atoms with van der Waals surface area (Å²) in [5, 5.41) is 3.41. The molecule has 3 heterocycles. The van der Waals surface area contributed by atoms with Gasteiger partial charge in [0.15, 0.2) is 0 Å². The molecule has 0 aliphatic carbocycles. The molecule has 0 aromatic carbocycles. The van der Waals surface area contributed by atoms with Crippen LogP contribution in [0.15, 0.2) is 12.3 Å². The highest BCUT2D eigenvalue weighted by molar-refractivity contribution is 5.43. The molecule has 5 nitrogen and oxygen atoms in total. The molecule has 0 saturated carbocycles. The zero-order chi connectivity index (χ0) is 9.54. The summed E-state index contributed by atoms with van der Waals surface area (Å²) in [5.74, 6) is 2.11. The predicted octanol–water partition coefficient (Wildman–Crippen LogP) is -0.533. The Morgan fingerprint density at radius 3 is 3.00 bits per heavy atom. The van der Waals surface area contributed by atoms with Crippen LogP contribution in [0.3, 0.4) is 0 Å². The molecule has 74 valence electrons. The molecule has 2 fully saturated rings. The van der Waals surface area contributed by atoms with E-state index in [1.54, 1.807) is 6.20 Å². The molecule has 1 aromatic rings. The fraction of sp³-hybridized carbons (Fsp3) is 0.556. The number of nitrogens with one attached hydrogen (secondary N) is 1. The van der Waals surface area contributed by atoms with E-state index in [0.29, 0.717) is 12.0 Å². The SMILES string of the molecule is Nc1nccc(N2C[C@@H]3CN[C@@H]3C2)n1. The van der Waals surface area contributed by atoms with E-state index in [9.17, 15) is 0 Å². The Kier molecular flexibility index (Phi) is 1.61. The Hall–Kier alpha value is -1.36. The number of nitrogens with zero attached hydrogens (tertiary/aromatic N) is 3. The fourth-order valence-electron chi connectivity index (χ4n) is 2.18. The zero-order valence-electron chi connectivity index (χ0n) is 7.85. The summed E-state index contributed by atoms with van der Waals surface area (Å²) in [6.07, 6.45) is 1.71. The van der Waals surface area contributed by atoms with Crippen LogP contribution in [0.2, 0.25) is 0 Å². The first-order chi connectivity index (χ1) is 6.83. The number of hydrogen-bond acceptors (Lipinski definition) is 5. The third kappa shape index (κ3) is 1.13. The summed E-state index contributed by atoms with van der Waals surface area (Å²) in [5.41, 5.74) is 5.55. The molecule has 5 heteroatoms. The lowest BCUT2D eigenvalue weighted by Crippen LogP contribution is -2.51. The van der Waals surface area contributed by atoms with E-state index >= 15 is 0 Å². The van der Waals surface area contributed by atoms with Crippen LogP contribution in [-0.4, -0.2) is 35.6 Å². The van der Waals surface area contributed by atoms with Gasteiger partial charge >= 0.3 is 0 Å². The maximum Gasteiger partial charge on any atom is 0.221 e. The first kappa shape index (κ1) is 7.99. The van der Waals surface area contributed by atoms with Gasteiger partial charge in [-0.15, -0.1) is 0 Å². The van der Waals surface area contributed by atoms with Crippen molar-refractivity contribution in [1.82, 2.24) is 15.3 Å². The van der Waals surface area contributed by atoms with Crippen LogP contribution in [0.1, 0.15) is 0 Å². The largest absolute Gasteiger partial charge is 0.368 e. The molecule has 3 rings (SSSR count). The van der Waals surface area contributed by atoms with Gasteiger partial charge in [0.05, 0.1) is 0 Å². The zero-order valence-corrected chi connectivity index (χ0v) is 7.85. The van der Waals surface area contributed by atoms with E-state index in [-0.39, 0.29) is 0 Å². The molecule has 2 atom stereocenters. The van der Waals surface area contributed by atoms with Gasteiger partial charge in [0.2, 0.25) is 5.95 Å². The topological polar surface area (TPSA) is 67.1 Å². The number of nitrogens with two attached hydrogens (primary N) is 1. The Labute approximate surface area is 82.3 Å². The number of fused-ring (bicyclic) bond motifs is 1. The number of aromatic nitrogens is 2. The average molecular weight is 191 g/mol. The molecule has 0 amide bonds. The van der Waals surface area contributed by atoms with Crippen molar-refractivity contribution in [3.8, 4) is 0 Å². The molecule has 0 bridgehead atoms. The third-order valence-corrected chi connectivity index (χ3v) is 3.07. The second-order valence-corrected chi connectivity index (χ2v) is 3.95. The van der Waals surface area contributed by atoms with Crippen LogP contribution in [-0.2, 0) is 0 Å². The molecule has 2 aliphatic heterocycles. The molecule has 2 saturated heterocycles. The highest BCUT2D eigenvalue weighted by Gasteiger charge is 2.39. The van der Waals surface area contributed by atoms with E-state index in [1.165, 1.54) is 0 Å². The highest BCUT2D eigenvalue weighted by atomic mass is 15.3. The Balaban J connectivity index is 1.82. The lowest BCUT2D eigenvalue weighted by atomic mass is 9.96. The summed E-state index contributed by atoms with van der Waals surface area (Å²) in [4.78, 5) is 10.4. The minimum atomic E-state index is 0.356. The molecular formula is C9H13N5. The van der Waals surface area contributed by atoms with Gasteiger partial charge in [0.25, 0.3) is 0 Å². The van der Waals surface area contributed by atoms with E-state index in [2.05, 4.69) is 20.2 Å². The quantitative estimate of drug-likeness (QED) is 0.624. The van der Waals surface area contributed by atoms with Crippen LogP contribution in [0.4, 0.5) is 11.8 Å². The molecule has 0 spiro atoms. The number of nitrogen functional groups attached to an aromatic ring is 1. The summed E-state index contributed by atoms with van der Waals surface area (Å²) in [6, 6.07) is 2.58. The highest BCUT2D eigenvalue weighted by Crippen LogP contribution is 2.26. The molecule has 14 heavy (non-hydrogen) atoms. The van der Waals surface area contributed by atoms with E-state index < -0.39 is 0 Å². The normalized spacial score (nSPS) is 29.9. The Bertz CT molecular complexity index is 341. The van der Waals surface area contributed by atoms with Crippen molar-refractivity contribution in [1.29, 1.82) is 0 Å². The molecule has 0 unspecified atom stereocenters. The molecular weight excluding hydrogens is 178 g/mol. The smallest absolute Gasteiger partial charge is 0.221 e. The summed E-state index contributed by atoms with van der Waals surface area (Å²) < 4.78 is 0. The maximum atomic E-state index is 5.55. The van der Waals surface area contributed by atoms with Crippen molar-refractivity contribution in [2.24, 2.45) is 5.92 Å². The lowest BCUT2D eigenvalue weighted by Gasteiger charge is -2.29. The minimum Gasteiger partial charge on any atom is -0.368 e. The van der Waals surface area contributed by atoms with Gasteiger partial charge in [-0.2, -0.15) is 4.98 Å². The summed E-state index contributed by atoms with van der Waals surface area (Å²) in [7, 11) is 0. The molecule has 2 aliphatic rings. The Morgan fingerprint density at radius 2 is 2.43 bits per heavy atom. The van der Waals surface area contributed by atoms with Gasteiger partial charge in [-0.1, -0.05) is 0 Å². The average Bonchev–Trinajstić information content (AvgIpc) is 2.43. The lowest BCUT2D eigenvalue weighted by molar-refractivity contribution is 0.297. The Morgan fingerprint density at radius 1 is 1.50 bits per heavy atom. The van der Waals surface area contributed by atoms with Gasteiger partial charge in [-0.25, -0.2) is 4.98 Å². The minimum absolute atomic E-state index is 0.356. The number of hydrogen-bond donors (Lipinski definition) is 2. The van der Waals surface area contributed by atoms with Crippen LogP contribution in [0, 0.1) is 5.92 Å². The van der Waals surface area contributed by atoms with E-state index in [0.717, 1.165) is 31.4 Å². The number of anilines is 2. The molecule has 3 N–H and O–H groups in total. The standard InChI is InChI=1S/C9H13N5/c10-9-11-2-1-8(13-9)14-4-6-3-12-7(6)5-14/h1-2,6-7,12H,3-5H2,(H2,10,11,13)/t6-,7+/m0/s1. The first-order valence-corrected chi connectivity index (χ1v) is 4.90. The van der Waals surface area contributed by atoms with Crippen LogP contribution < -0.4 is 16.0 Å². The summed E-state index contributed by atoms with van der Waals surface area (Å²) >= 11 is 0. The van der Waals surface area contributed by atoms with Crippen molar-refractivity contribution in [3.05, 3.63) is 12.3 Å². The van der Waals surface area contributed by atoms with Gasteiger partial charge in [-0.05, 0) is 6.07 Å².